The number of amides is 1. The van der Waals surface area contributed by atoms with Crippen LogP contribution < -0.4 is 10.1 Å². The van der Waals surface area contributed by atoms with Crippen LogP contribution in [0.3, 0.4) is 0 Å². The molecule has 0 fully saturated rings. The van der Waals surface area contributed by atoms with Crippen LogP contribution in [0.4, 0.5) is 14.6 Å². The maximum atomic E-state index is 14.0. The summed E-state index contributed by atoms with van der Waals surface area (Å²) >= 11 is 0. The lowest BCUT2D eigenvalue weighted by molar-refractivity contribution is 0.0696. The maximum Gasteiger partial charge on any atom is 0.337 e. The van der Waals surface area contributed by atoms with E-state index in [4.69, 9.17) is 14.6 Å². The van der Waals surface area contributed by atoms with E-state index in [0.29, 0.717) is 30.9 Å². The molecular weight excluding hydrogens is 446 g/mol. The van der Waals surface area contributed by atoms with E-state index >= 15 is 0 Å². The summed E-state index contributed by atoms with van der Waals surface area (Å²) in [6.45, 7) is 0.833. The Labute approximate surface area is 194 Å². The Morgan fingerprint density at radius 1 is 1.03 bits per heavy atom. The van der Waals surface area contributed by atoms with Gasteiger partial charge in [-0.1, -0.05) is 12.1 Å². The molecule has 0 aliphatic carbocycles. The molecule has 0 aliphatic heterocycles. The Morgan fingerprint density at radius 3 is 2.44 bits per heavy atom. The summed E-state index contributed by atoms with van der Waals surface area (Å²) in [6, 6.07) is 11.0. The van der Waals surface area contributed by atoms with Gasteiger partial charge in [-0.25, -0.2) is 18.6 Å². The molecule has 0 spiro atoms. The van der Waals surface area contributed by atoms with E-state index < -0.39 is 23.5 Å². The van der Waals surface area contributed by atoms with Crippen molar-refractivity contribution in [2.75, 3.05) is 25.6 Å². The lowest BCUT2D eigenvalue weighted by atomic mass is 10.1. The van der Waals surface area contributed by atoms with Gasteiger partial charge in [-0.05, 0) is 54.1 Å². The molecule has 1 amide bonds. The summed E-state index contributed by atoms with van der Waals surface area (Å²) in [6.07, 6.45) is 4.51. The highest BCUT2D eigenvalue weighted by Gasteiger charge is 2.12. The summed E-state index contributed by atoms with van der Waals surface area (Å²) in [4.78, 5) is 27.7. The number of anilines is 1. The van der Waals surface area contributed by atoms with Gasteiger partial charge in [-0.3, -0.25) is 4.79 Å². The predicted octanol–water partition coefficient (Wildman–Crippen LogP) is 4.90. The summed E-state index contributed by atoms with van der Waals surface area (Å²) in [7, 11) is 1.58. The molecule has 3 rings (SSSR count). The van der Waals surface area contributed by atoms with Crippen LogP contribution in [0.15, 0.2) is 54.7 Å². The number of carbonyl (C=O) groups excluding carboxylic acids is 1. The van der Waals surface area contributed by atoms with E-state index in [1.807, 2.05) is 0 Å². The van der Waals surface area contributed by atoms with Crippen LogP contribution in [-0.2, 0) is 4.74 Å². The van der Waals surface area contributed by atoms with E-state index in [9.17, 15) is 18.4 Å². The highest BCUT2D eigenvalue weighted by molar-refractivity contribution is 6.04. The zero-order valence-electron chi connectivity index (χ0n) is 18.3. The van der Waals surface area contributed by atoms with Crippen LogP contribution in [-0.4, -0.2) is 42.3 Å². The van der Waals surface area contributed by atoms with Gasteiger partial charge >= 0.3 is 5.97 Å². The summed E-state index contributed by atoms with van der Waals surface area (Å²) < 4.78 is 38.6. The Kier molecular flexibility index (Phi) is 8.42. The van der Waals surface area contributed by atoms with Crippen molar-refractivity contribution in [3.8, 4) is 5.75 Å². The number of ether oxygens (including phenoxy) is 2. The first-order chi connectivity index (χ1) is 16.4. The first-order valence-electron chi connectivity index (χ1n) is 10.3. The first-order valence-corrected chi connectivity index (χ1v) is 10.3. The number of methoxy groups -OCH3 is 1. The second kappa shape index (κ2) is 11.7. The molecule has 0 saturated carbocycles. The van der Waals surface area contributed by atoms with Gasteiger partial charge < -0.3 is 19.9 Å². The fourth-order valence-corrected chi connectivity index (χ4v) is 2.96. The minimum Gasteiger partial charge on any atom is -0.493 e. The molecule has 0 bridgehead atoms. The van der Waals surface area contributed by atoms with Gasteiger partial charge in [-0.15, -0.1) is 0 Å². The van der Waals surface area contributed by atoms with Crippen LogP contribution in [0.2, 0.25) is 0 Å². The summed E-state index contributed by atoms with van der Waals surface area (Å²) in [5, 5.41) is 11.6. The van der Waals surface area contributed by atoms with Crippen LogP contribution in [0, 0.1) is 11.6 Å². The number of nitrogens with zero attached hydrogens (tertiary/aromatic N) is 1. The Balaban J connectivity index is 1.86. The number of rotatable bonds is 10. The van der Waals surface area contributed by atoms with Crippen molar-refractivity contribution in [3.05, 3.63) is 88.6 Å². The van der Waals surface area contributed by atoms with E-state index in [1.165, 1.54) is 42.5 Å². The number of hydrogen-bond acceptors (Lipinski definition) is 5. The Bertz CT molecular complexity index is 1180. The summed E-state index contributed by atoms with van der Waals surface area (Å²) in [5.41, 5.74) is 0.466. The van der Waals surface area contributed by atoms with Crippen LogP contribution in [0.5, 0.6) is 5.75 Å². The van der Waals surface area contributed by atoms with Gasteiger partial charge in [-0.2, -0.15) is 0 Å². The molecule has 0 radical (unpaired) electrons. The number of aromatic carboxylic acids is 1. The number of aromatic nitrogens is 1. The number of halogens is 2. The lowest BCUT2D eigenvalue weighted by Crippen LogP contribution is -2.14. The van der Waals surface area contributed by atoms with Crippen LogP contribution in [0.25, 0.3) is 12.2 Å². The minimum atomic E-state index is -1.13. The van der Waals surface area contributed by atoms with Gasteiger partial charge in [0.15, 0.2) is 0 Å². The standard InChI is InChI=1S/C25H22F2N2O5/c1-33-10-3-11-34-19-13-16(6-8-20-21(26)4-2-5-22(20)27)12-18(14-19)24(30)29-23-9-7-17(15-28-23)25(31)32/h2,4-9,12-15H,3,10-11H2,1H3,(H,31,32)(H,28,29,30)/b8-6+. The Hall–Kier alpha value is -4.11. The van der Waals surface area contributed by atoms with Gasteiger partial charge in [0.25, 0.3) is 5.91 Å². The van der Waals surface area contributed by atoms with E-state index in [-0.39, 0.29) is 22.5 Å². The smallest absolute Gasteiger partial charge is 0.337 e. The predicted molar refractivity (Wildman–Crippen MR) is 123 cm³/mol. The number of carboxylic acid groups (broad SMARTS) is 1. The molecule has 0 unspecified atom stereocenters. The average Bonchev–Trinajstić information content (AvgIpc) is 2.82. The van der Waals surface area contributed by atoms with Gasteiger partial charge in [0.1, 0.15) is 23.2 Å². The molecule has 34 heavy (non-hydrogen) atoms. The van der Waals surface area contributed by atoms with Crippen molar-refractivity contribution < 1.29 is 33.0 Å². The van der Waals surface area contributed by atoms with E-state index in [2.05, 4.69) is 10.3 Å². The maximum absolute atomic E-state index is 14.0. The number of benzene rings is 2. The SMILES string of the molecule is COCCCOc1cc(/C=C/c2c(F)cccc2F)cc(C(=O)Nc2ccc(C(=O)O)cn2)c1. The topological polar surface area (TPSA) is 97.8 Å². The largest absolute Gasteiger partial charge is 0.493 e. The zero-order valence-corrected chi connectivity index (χ0v) is 18.3. The molecule has 176 valence electrons. The van der Waals surface area contributed by atoms with Gasteiger partial charge in [0, 0.05) is 37.5 Å². The normalized spacial score (nSPS) is 10.9. The van der Waals surface area contributed by atoms with Gasteiger partial charge in [0.05, 0.1) is 12.2 Å². The monoisotopic (exact) mass is 468 g/mol. The minimum absolute atomic E-state index is 0.0164. The number of hydrogen-bond donors (Lipinski definition) is 2. The highest BCUT2D eigenvalue weighted by atomic mass is 19.1. The van der Waals surface area contributed by atoms with Crippen LogP contribution >= 0.6 is 0 Å². The fraction of sp³-hybridized carbons (Fsp3) is 0.160. The number of carboxylic acids is 1. The quantitative estimate of drug-likeness (QED) is 0.325. The molecule has 1 aromatic heterocycles. The Morgan fingerprint density at radius 2 is 1.79 bits per heavy atom. The highest BCUT2D eigenvalue weighted by Crippen LogP contribution is 2.22. The molecule has 0 aliphatic rings. The molecule has 7 nitrogen and oxygen atoms in total. The van der Waals surface area contributed by atoms with E-state index in [1.54, 1.807) is 13.2 Å². The molecular formula is C25H22F2N2O5. The second-order valence-electron chi connectivity index (χ2n) is 7.15. The molecule has 0 atom stereocenters. The zero-order chi connectivity index (χ0) is 24.5. The number of nitrogens with one attached hydrogen (secondary N) is 1. The van der Waals surface area contributed by atoms with Crippen molar-refractivity contribution in [3.63, 3.8) is 0 Å². The molecule has 9 heteroatoms. The first kappa shape index (κ1) is 24.5. The van der Waals surface area contributed by atoms with Crippen molar-refractivity contribution >= 4 is 29.8 Å². The molecule has 1 heterocycles. The number of carbonyl (C=O) groups is 2. The second-order valence-corrected chi connectivity index (χ2v) is 7.15. The number of pyridine rings is 1. The van der Waals surface area contributed by atoms with Gasteiger partial charge in [0.2, 0.25) is 0 Å². The fourth-order valence-electron chi connectivity index (χ4n) is 2.96. The van der Waals surface area contributed by atoms with Crippen molar-refractivity contribution in [1.29, 1.82) is 0 Å². The van der Waals surface area contributed by atoms with Crippen molar-refractivity contribution in [1.82, 2.24) is 4.98 Å². The molecule has 2 aromatic carbocycles. The lowest BCUT2D eigenvalue weighted by Gasteiger charge is -2.11. The van der Waals surface area contributed by atoms with Crippen molar-refractivity contribution in [2.24, 2.45) is 0 Å². The summed E-state index contributed by atoms with van der Waals surface area (Å²) in [5.74, 6) is -2.54. The third-order valence-corrected chi connectivity index (χ3v) is 4.65. The van der Waals surface area contributed by atoms with Crippen molar-refractivity contribution in [2.45, 2.75) is 6.42 Å². The third-order valence-electron chi connectivity index (χ3n) is 4.65. The average molecular weight is 468 g/mol. The van der Waals surface area contributed by atoms with Crippen LogP contribution in [0.1, 0.15) is 38.3 Å². The molecule has 2 N–H and O–H groups in total. The van der Waals surface area contributed by atoms with E-state index in [0.717, 1.165) is 18.3 Å². The third kappa shape index (κ3) is 6.69. The molecule has 0 saturated heterocycles. The molecule has 3 aromatic rings.